The van der Waals surface area contributed by atoms with Crippen LogP contribution in [-0.4, -0.2) is 21.2 Å². The highest BCUT2D eigenvalue weighted by atomic mass is 19.3. The van der Waals surface area contributed by atoms with Gasteiger partial charge in [0.1, 0.15) is 23.4 Å². The zero-order chi connectivity index (χ0) is 19.2. The molecule has 0 saturated heterocycles. The molecule has 1 aromatic heterocycles. The minimum Gasteiger partial charge on any atom is -0.457 e. The van der Waals surface area contributed by atoms with Crippen molar-refractivity contribution in [1.82, 2.24) is 10.2 Å². The van der Waals surface area contributed by atoms with Crippen molar-refractivity contribution >= 4 is 0 Å². The highest BCUT2D eigenvalue weighted by molar-refractivity contribution is 5.72. The highest BCUT2D eigenvalue weighted by Crippen LogP contribution is 2.50. The fourth-order valence-electron chi connectivity index (χ4n) is 3.24. The van der Waals surface area contributed by atoms with Crippen LogP contribution in [0.2, 0.25) is 0 Å². The Morgan fingerprint density at radius 2 is 2.11 bits per heavy atom. The van der Waals surface area contributed by atoms with Crippen LogP contribution < -0.4 is 4.74 Å². The van der Waals surface area contributed by atoms with E-state index in [-0.39, 0.29) is 28.2 Å². The van der Waals surface area contributed by atoms with Crippen LogP contribution in [0.15, 0.2) is 42.7 Å². The maximum atomic E-state index is 14.2. The molecule has 1 aliphatic carbocycles. The molecular weight excluding hydrogens is 359 g/mol. The molecule has 5 nitrogen and oxygen atoms in total. The Labute approximate surface area is 151 Å². The van der Waals surface area contributed by atoms with Crippen LogP contribution >= 0.6 is 0 Å². The van der Waals surface area contributed by atoms with Gasteiger partial charge in [-0.3, -0.25) is 5.10 Å². The van der Waals surface area contributed by atoms with Crippen LogP contribution in [0.5, 0.6) is 11.5 Å². The van der Waals surface area contributed by atoms with Crippen LogP contribution in [0, 0.1) is 17.1 Å². The van der Waals surface area contributed by atoms with Crippen molar-refractivity contribution < 1.29 is 23.0 Å². The Morgan fingerprint density at radius 3 is 2.81 bits per heavy atom. The number of nitrogens with one attached hydrogen (secondary N) is 1. The number of aromatic amines is 1. The largest absolute Gasteiger partial charge is 0.457 e. The fourth-order valence-corrected chi connectivity index (χ4v) is 3.24. The average Bonchev–Trinajstić information content (AvgIpc) is 3.23. The zero-order valence-electron chi connectivity index (χ0n) is 13.7. The first-order valence-corrected chi connectivity index (χ1v) is 7.98. The lowest BCUT2D eigenvalue weighted by molar-refractivity contribution is -0.0966. The lowest BCUT2D eigenvalue weighted by Crippen LogP contribution is -2.21. The zero-order valence-corrected chi connectivity index (χ0v) is 13.7. The number of hydrogen-bond donors (Lipinski definition) is 2. The van der Waals surface area contributed by atoms with Crippen LogP contribution in [-0.2, 0) is 6.42 Å². The summed E-state index contributed by atoms with van der Waals surface area (Å²) in [4.78, 5) is 0. The molecule has 0 bridgehead atoms. The van der Waals surface area contributed by atoms with Gasteiger partial charge < -0.3 is 9.84 Å². The minimum absolute atomic E-state index is 0.00881. The molecule has 1 aliphatic rings. The van der Waals surface area contributed by atoms with Gasteiger partial charge in [-0.1, -0.05) is 6.07 Å². The van der Waals surface area contributed by atoms with Gasteiger partial charge >= 0.3 is 0 Å². The van der Waals surface area contributed by atoms with E-state index in [1.165, 1.54) is 30.6 Å². The Balaban J connectivity index is 1.83. The summed E-state index contributed by atoms with van der Waals surface area (Å²) in [6.07, 6.45) is 0.282. The topological polar surface area (TPSA) is 81.9 Å². The van der Waals surface area contributed by atoms with E-state index in [9.17, 15) is 18.3 Å². The Morgan fingerprint density at radius 1 is 1.30 bits per heavy atom. The van der Waals surface area contributed by atoms with Gasteiger partial charge in [0.05, 0.1) is 17.8 Å². The van der Waals surface area contributed by atoms with E-state index in [1.54, 1.807) is 6.07 Å². The average molecular weight is 371 g/mol. The molecule has 1 unspecified atom stereocenters. The summed E-state index contributed by atoms with van der Waals surface area (Å²) in [6, 6.07) is 8.22. The monoisotopic (exact) mass is 371 g/mol. The molecule has 0 spiro atoms. The molecule has 27 heavy (non-hydrogen) atoms. The van der Waals surface area contributed by atoms with Gasteiger partial charge in [0.15, 0.2) is 0 Å². The number of H-pyrrole nitrogens is 1. The van der Waals surface area contributed by atoms with Crippen LogP contribution in [0.1, 0.15) is 22.8 Å². The van der Waals surface area contributed by atoms with Crippen molar-refractivity contribution in [2.24, 2.45) is 0 Å². The quantitative estimate of drug-likeness (QED) is 0.726. The van der Waals surface area contributed by atoms with Gasteiger partial charge in [-0.2, -0.15) is 10.4 Å². The molecule has 0 amide bonds. The van der Waals surface area contributed by atoms with E-state index >= 15 is 0 Å². The third-order valence-corrected chi connectivity index (χ3v) is 4.44. The van der Waals surface area contributed by atoms with Crippen molar-refractivity contribution in [2.75, 3.05) is 0 Å². The molecule has 0 radical (unpaired) electrons. The number of nitriles is 1. The fraction of sp³-hybridized carbons (Fsp3) is 0.158. The van der Waals surface area contributed by atoms with Crippen molar-refractivity contribution in [2.45, 2.75) is 18.4 Å². The molecule has 0 saturated carbocycles. The summed E-state index contributed by atoms with van der Waals surface area (Å²) < 4.78 is 47.7. The van der Waals surface area contributed by atoms with Crippen molar-refractivity contribution in [3.05, 3.63) is 65.2 Å². The first kappa shape index (κ1) is 17.1. The number of benzene rings is 2. The molecule has 136 valence electrons. The van der Waals surface area contributed by atoms with E-state index in [0.29, 0.717) is 11.1 Å². The number of nitrogens with zero attached hydrogens (tertiary/aromatic N) is 2. The second-order valence-corrected chi connectivity index (χ2v) is 6.22. The van der Waals surface area contributed by atoms with Gasteiger partial charge in [-0.15, -0.1) is 0 Å². The third-order valence-electron chi connectivity index (χ3n) is 4.44. The summed E-state index contributed by atoms with van der Waals surface area (Å²) >= 11 is 0. The van der Waals surface area contributed by atoms with Crippen molar-refractivity contribution in [1.29, 1.82) is 5.26 Å². The maximum absolute atomic E-state index is 14.2. The number of halogens is 3. The maximum Gasteiger partial charge on any atom is 0.281 e. The summed E-state index contributed by atoms with van der Waals surface area (Å²) in [5, 5.41) is 25.5. The normalized spacial score (nSPS) is 17.4. The van der Waals surface area contributed by atoms with E-state index < -0.39 is 24.3 Å². The Kier molecular flexibility index (Phi) is 3.89. The number of alkyl halides is 2. The summed E-state index contributed by atoms with van der Waals surface area (Å²) in [6.45, 7) is 0. The van der Waals surface area contributed by atoms with E-state index in [4.69, 9.17) is 10.00 Å². The molecule has 8 heteroatoms. The molecule has 2 aromatic carbocycles. The van der Waals surface area contributed by atoms with Gasteiger partial charge in [0, 0.05) is 35.4 Å². The molecule has 3 aromatic rings. The number of rotatable bonds is 3. The summed E-state index contributed by atoms with van der Waals surface area (Å²) in [5.74, 6) is -3.96. The number of aliphatic hydroxyl groups is 1. The van der Waals surface area contributed by atoms with Crippen LogP contribution in [0.25, 0.3) is 11.1 Å². The molecule has 4 rings (SSSR count). The molecule has 0 aliphatic heterocycles. The number of aromatic nitrogens is 2. The highest BCUT2D eigenvalue weighted by Gasteiger charge is 2.49. The smallest absolute Gasteiger partial charge is 0.281 e. The van der Waals surface area contributed by atoms with Crippen molar-refractivity contribution in [3.8, 4) is 28.7 Å². The number of ether oxygens (including phenoxy) is 1. The Hall–Kier alpha value is -3.31. The second-order valence-electron chi connectivity index (χ2n) is 6.22. The predicted molar refractivity (Wildman–Crippen MR) is 88.8 cm³/mol. The van der Waals surface area contributed by atoms with E-state index in [2.05, 4.69) is 10.2 Å². The minimum atomic E-state index is -3.36. The lowest BCUT2D eigenvalue weighted by atomic mass is 9.97. The van der Waals surface area contributed by atoms with Crippen molar-refractivity contribution in [3.63, 3.8) is 0 Å². The lowest BCUT2D eigenvalue weighted by Gasteiger charge is -2.16. The third kappa shape index (κ3) is 2.92. The number of fused-ring (bicyclic) bond motifs is 1. The SMILES string of the molecule is N#Cc1cc(F)cc(Oc2ccc(-c3cn[nH]c3)c3c2CC(F)(F)C3O)c1. The van der Waals surface area contributed by atoms with Gasteiger partial charge in [-0.05, 0) is 23.8 Å². The molecular formula is C19H12F3N3O2. The Bertz CT molecular complexity index is 1060. The van der Waals surface area contributed by atoms with Crippen LogP contribution in [0.3, 0.4) is 0 Å². The standard InChI is InChI=1S/C19H12F3N3O2/c20-12-3-10(7-23)4-13(5-12)27-16-2-1-14(11-8-24-25-9-11)17-15(16)6-19(21,22)18(17)26/h1-5,8-9,18,26H,6H2,(H,24,25). The van der Waals surface area contributed by atoms with Gasteiger partial charge in [0.25, 0.3) is 5.92 Å². The first-order valence-electron chi connectivity index (χ1n) is 7.98. The summed E-state index contributed by atoms with van der Waals surface area (Å²) in [5.41, 5.74) is 1.19. The van der Waals surface area contributed by atoms with E-state index in [0.717, 1.165) is 12.1 Å². The van der Waals surface area contributed by atoms with Gasteiger partial charge in [-0.25, -0.2) is 13.2 Å². The first-order chi connectivity index (χ1) is 12.9. The number of hydrogen-bond acceptors (Lipinski definition) is 4. The molecule has 0 fully saturated rings. The van der Waals surface area contributed by atoms with Gasteiger partial charge in [0.2, 0.25) is 0 Å². The molecule has 2 N–H and O–H groups in total. The second kappa shape index (κ2) is 6.14. The number of aliphatic hydroxyl groups excluding tert-OH is 1. The van der Waals surface area contributed by atoms with E-state index in [1.807, 2.05) is 0 Å². The van der Waals surface area contributed by atoms with Crippen LogP contribution in [0.4, 0.5) is 13.2 Å². The summed E-state index contributed by atoms with van der Waals surface area (Å²) in [7, 11) is 0. The molecule has 1 heterocycles. The molecule has 1 atom stereocenters. The predicted octanol–water partition coefficient (Wildman–Crippen LogP) is 4.10.